The minimum atomic E-state index is -3.65. The molecule has 6 rings (SSSR count). The van der Waals surface area contributed by atoms with Crippen LogP contribution < -0.4 is 27.7 Å². The second-order valence-electron chi connectivity index (χ2n) is 15.8. The van der Waals surface area contributed by atoms with Gasteiger partial charge in [-0.05, 0) is 63.8 Å². The summed E-state index contributed by atoms with van der Waals surface area (Å²) in [7, 11) is -3.65. The van der Waals surface area contributed by atoms with Crippen LogP contribution in [0.15, 0.2) is 34.8 Å². The third-order valence-corrected chi connectivity index (χ3v) is 13.1. The molecular weight excluding hydrogens is 802 g/mol. The van der Waals surface area contributed by atoms with Gasteiger partial charge < -0.3 is 82.5 Å². The molecule has 4 heterocycles. The van der Waals surface area contributed by atoms with E-state index in [1.54, 1.807) is 6.92 Å². The van der Waals surface area contributed by atoms with E-state index in [0.717, 1.165) is 19.5 Å². The number of ether oxygens (including phenoxy) is 4. The molecular formula is C37H62FN7O13S. The first-order valence-electron chi connectivity index (χ1n) is 20.0. The number of aliphatic hydroxyl groups is 7. The van der Waals surface area contributed by atoms with Crippen LogP contribution in [0.4, 0.5) is 4.39 Å². The molecule has 0 spiro atoms. The first-order chi connectivity index (χ1) is 27.9. The Bertz CT molecular complexity index is 1650. The van der Waals surface area contributed by atoms with Crippen molar-refractivity contribution in [2.24, 2.45) is 27.9 Å². The van der Waals surface area contributed by atoms with Crippen molar-refractivity contribution in [2.45, 2.75) is 144 Å². The first-order valence-corrected chi connectivity index (χ1v) is 21.4. The van der Waals surface area contributed by atoms with E-state index in [-0.39, 0.29) is 17.9 Å². The largest absolute Gasteiger partial charge is 0.394 e. The predicted molar refractivity (Wildman–Crippen MR) is 211 cm³/mol. The van der Waals surface area contributed by atoms with Crippen molar-refractivity contribution in [2.75, 3.05) is 32.8 Å². The molecule has 59 heavy (non-hydrogen) atoms. The van der Waals surface area contributed by atoms with Crippen molar-refractivity contribution < 1.29 is 67.5 Å². The number of halogens is 1. The summed E-state index contributed by atoms with van der Waals surface area (Å²) in [5, 5.41) is 70.9. The van der Waals surface area contributed by atoms with Gasteiger partial charge in [-0.15, -0.1) is 0 Å². The van der Waals surface area contributed by atoms with Gasteiger partial charge in [-0.1, -0.05) is 18.6 Å². The van der Waals surface area contributed by atoms with Crippen LogP contribution in [-0.4, -0.2) is 185 Å². The fourth-order valence-corrected chi connectivity index (χ4v) is 9.56. The highest BCUT2D eigenvalue weighted by Gasteiger charge is 2.51. The number of sulfonamides is 1. The number of rotatable bonds is 11. The summed E-state index contributed by atoms with van der Waals surface area (Å²) in [5.74, 6) is 0.00667. The van der Waals surface area contributed by atoms with Gasteiger partial charge in [-0.25, -0.2) is 12.8 Å². The molecule has 336 valence electrons. The van der Waals surface area contributed by atoms with Gasteiger partial charge in [-0.3, -0.25) is 9.71 Å². The van der Waals surface area contributed by atoms with E-state index in [4.69, 9.17) is 41.9 Å². The summed E-state index contributed by atoms with van der Waals surface area (Å²) in [4.78, 5) is 7.13. The highest BCUT2D eigenvalue weighted by Crippen LogP contribution is 2.32. The lowest BCUT2D eigenvalue weighted by atomic mass is 9.84. The second kappa shape index (κ2) is 20.7. The van der Waals surface area contributed by atoms with Crippen molar-refractivity contribution >= 4 is 20.8 Å². The summed E-state index contributed by atoms with van der Waals surface area (Å²) in [6.45, 7) is 5.94. The molecule has 1 aromatic rings. The van der Waals surface area contributed by atoms with Gasteiger partial charge in [-0.2, -0.15) is 0 Å². The van der Waals surface area contributed by atoms with Gasteiger partial charge in [0.2, 0.25) is 0 Å². The summed E-state index contributed by atoms with van der Waals surface area (Å²) in [6.07, 6.45) is -11.8. The number of amidine groups is 1. The van der Waals surface area contributed by atoms with E-state index in [1.807, 2.05) is 0 Å². The Morgan fingerprint density at radius 2 is 1.49 bits per heavy atom. The topological polar surface area (TPSA) is 344 Å². The molecule has 16 atom stereocenters. The number of aliphatic hydroxyl groups excluding tert-OH is 7. The number of hydrogen-bond donors (Lipinski definition) is 12. The molecule has 4 fully saturated rings. The van der Waals surface area contributed by atoms with E-state index in [1.165, 1.54) is 43.5 Å². The Morgan fingerprint density at radius 1 is 0.881 bits per heavy atom. The Hall–Kier alpha value is -2.33. The van der Waals surface area contributed by atoms with Crippen LogP contribution in [0.25, 0.3) is 4.91 Å². The van der Waals surface area contributed by atoms with Gasteiger partial charge in [0.25, 0.3) is 10.0 Å². The molecule has 1 unspecified atom stereocenters. The molecule has 16 N–H and O–H groups in total. The van der Waals surface area contributed by atoms with Gasteiger partial charge >= 0.3 is 0 Å². The van der Waals surface area contributed by atoms with E-state index < -0.39 is 114 Å². The van der Waals surface area contributed by atoms with Gasteiger partial charge in [0, 0.05) is 43.3 Å². The first kappa shape index (κ1) is 47.7. The molecule has 0 radical (unpaired) electrons. The Labute approximate surface area is 343 Å². The number of nitrogens with zero attached hydrogens (tertiary/aromatic N) is 2. The molecule has 1 saturated carbocycles. The van der Waals surface area contributed by atoms with E-state index >= 15 is 0 Å². The number of piperidine rings is 1. The Morgan fingerprint density at radius 3 is 2.08 bits per heavy atom. The smallest absolute Gasteiger partial charge is 0.264 e. The number of aliphatic imine (C=N–C) groups is 1. The minimum absolute atomic E-state index is 0.0849. The third kappa shape index (κ3) is 11.0. The lowest BCUT2D eigenvalue weighted by molar-refractivity contribution is -0.332. The SMILES string of the molecule is CC1=C(c2ccc(F)cc2)S(=O)(=O)NC1=NCCCN1CCCCC1C.NC[C@H]1O[C@H](O[C@H]2[C@H](O)[C@@H](O[C@H]3O[C@H](CO)[C@@H](O)[C@H](N)[C@H]3O)[C@H](N)C[C@@H]2N)[C@H](O)[C@@H](O)[C@@H]1O. The van der Waals surface area contributed by atoms with Gasteiger partial charge in [0.15, 0.2) is 12.6 Å². The zero-order valence-electron chi connectivity index (χ0n) is 33.2. The van der Waals surface area contributed by atoms with Crippen molar-refractivity contribution in [1.82, 2.24) is 9.62 Å². The summed E-state index contributed by atoms with van der Waals surface area (Å²) >= 11 is 0. The molecule has 0 amide bonds. The maximum atomic E-state index is 13.1. The Kier molecular flexibility index (Phi) is 16.7. The summed E-state index contributed by atoms with van der Waals surface area (Å²) < 4.78 is 62.7. The van der Waals surface area contributed by atoms with Crippen LogP contribution in [0.2, 0.25) is 0 Å². The van der Waals surface area contributed by atoms with E-state index in [2.05, 4.69) is 21.5 Å². The normalized spacial score (nSPS) is 41.0. The van der Waals surface area contributed by atoms with Gasteiger partial charge in [0.05, 0.1) is 12.6 Å². The molecule has 3 saturated heterocycles. The van der Waals surface area contributed by atoms with Crippen LogP contribution >= 0.6 is 0 Å². The average molecular weight is 864 g/mol. The standard InChI is InChI=1S/C19H26FN3O2S.C18H36N4O11/c1-14-6-3-4-12-23(14)13-5-11-21-19-15(2)18(26(24,25)22-19)16-7-9-17(20)10-8-16;19-2-6-10(25)12(27)13(28)18(30-6)33-16-5(21)1-4(20)15(14(16)29)32-17-11(26)8(22)9(24)7(3-23)31-17/h7-10,14H,3-6,11-13H2,1-2H3,(H,21,22);4-18,23-29H,1-3,19-22H2/t;4-,5+,6-,7-,8+,9-,10-,11-,12+,13-,14-,15+,16-,17-,18-/m.1/s1. The molecule has 4 aliphatic heterocycles. The van der Waals surface area contributed by atoms with Gasteiger partial charge in [0.1, 0.15) is 77.6 Å². The number of likely N-dealkylation sites (tertiary alicyclic amines) is 1. The third-order valence-electron chi connectivity index (χ3n) is 11.6. The fraction of sp³-hybridized carbons (Fsp3) is 0.757. The zero-order valence-corrected chi connectivity index (χ0v) is 34.0. The zero-order chi connectivity index (χ0) is 43.3. The number of benzene rings is 1. The monoisotopic (exact) mass is 863 g/mol. The average Bonchev–Trinajstić information content (AvgIpc) is 3.44. The molecule has 22 heteroatoms. The molecule has 1 aromatic carbocycles. The highest BCUT2D eigenvalue weighted by atomic mass is 32.2. The predicted octanol–water partition coefficient (Wildman–Crippen LogP) is -4.14. The molecule has 0 bridgehead atoms. The van der Waals surface area contributed by atoms with Crippen molar-refractivity contribution in [3.8, 4) is 0 Å². The quantitative estimate of drug-likeness (QED) is 0.0940. The second-order valence-corrected chi connectivity index (χ2v) is 17.4. The minimum Gasteiger partial charge on any atom is -0.394 e. The summed E-state index contributed by atoms with van der Waals surface area (Å²) in [5.41, 5.74) is 24.6. The molecule has 20 nitrogen and oxygen atoms in total. The van der Waals surface area contributed by atoms with Crippen LogP contribution in [0.5, 0.6) is 0 Å². The fourth-order valence-electron chi connectivity index (χ4n) is 8.04. The van der Waals surface area contributed by atoms with Crippen LogP contribution in [0, 0.1) is 5.82 Å². The van der Waals surface area contributed by atoms with E-state index in [0.29, 0.717) is 29.6 Å². The lowest BCUT2D eigenvalue weighted by Gasteiger charge is -2.48. The van der Waals surface area contributed by atoms with Crippen molar-refractivity contribution in [3.63, 3.8) is 0 Å². The summed E-state index contributed by atoms with van der Waals surface area (Å²) in [6, 6.07) is 3.25. The maximum absolute atomic E-state index is 13.1. The van der Waals surface area contributed by atoms with Crippen LogP contribution in [0.3, 0.4) is 0 Å². The van der Waals surface area contributed by atoms with Crippen molar-refractivity contribution in [1.29, 1.82) is 0 Å². The highest BCUT2D eigenvalue weighted by molar-refractivity contribution is 8.00. The molecule has 1 aliphatic carbocycles. The number of nitrogens with two attached hydrogens (primary N) is 4. The maximum Gasteiger partial charge on any atom is 0.264 e. The number of nitrogens with one attached hydrogen (secondary N) is 1. The lowest BCUT2D eigenvalue weighted by Crippen LogP contribution is -2.68. The van der Waals surface area contributed by atoms with E-state index in [9.17, 15) is 48.6 Å². The molecule has 0 aromatic heterocycles. The van der Waals surface area contributed by atoms with Crippen molar-refractivity contribution in [3.05, 3.63) is 41.2 Å². The van der Waals surface area contributed by atoms with Crippen LogP contribution in [0.1, 0.15) is 51.5 Å². The Balaban J connectivity index is 0.000000230. The van der Waals surface area contributed by atoms with Crippen LogP contribution in [-0.2, 0) is 29.0 Å². The number of hydrogen-bond acceptors (Lipinski definition) is 19. The molecule has 5 aliphatic rings.